The van der Waals surface area contributed by atoms with E-state index in [1.807, 2.05) is 37.3 Å². The van der Waals surface area contributed by atoms with Crippen molar-refractivity contribution in [2.75, 3.05) is 19.8 Å². The Labute approximate surface area is 164 Å². The van der Waals surface area contributed by atoms with Gasteiger partial charge in [-0.3, -0.25) is 4.79 Å². The zero-order valence-corrected chi connectivity index (χ0v) is 16.6. The van der Waals surface area contributed by atoms with E-state index in [0.29, 0.717) is 23.4 Å². The van der Waals surface area contributed by atoms with E-state index in [2.05, 4.69) is 10.3 Å². The van der Waals surface area contributed by atoms with E-state index in [1.165, 1.54) is 0 Å². The molecule has 2 aromatic rings. The third-order valence-electron chi connectivity index (χ3n) is 4.43. The predicted octanol–water partition coefficient (Wildman–Crippen LogP) is 2.88. The van der Waals surface area contributed by atoms with E-state index in [0.717, 1.165) is 5.56 Å². The third kappa shape index (κ3) is 5.22. The molecular formula is C21H26N2O5. The average Bonchev–Trinajstić information content (AvgIpc) is 2.99. The molecule has 1 heterocycles. The number of nitrogens with one attached hydrogen (secondary N) is 2. The second kappa shape index (κ2) is 9.73. The summed E-state index contributed by atoms with van der Waals surface area (Å²) in [6, 6.07) is 9.82. The minimum absolute atomic E-state index is 0.140. The van der Waals surface area contributed by atoms with Gasteiger partial charge in [0, 0.05) is 12.2 Å². The minimum atomic E-state index is -0.692. The summed E-state index contributed by atoms with van der Waals surface area (Å²) in [4.78, 5) is 39.1. The molecule has 0 radical (unpaired) electrons. The topological polar surface area (TPSA) is 97.5 Å². The molecule has 150 valence electrons. The number of ether oxygens (including phenoxy) is 2. The number of aromatic nitrogens is 1. The van der Waals surface area contributed by atoms with Crippen LogP contribution in [0.25, 0.3) is 0 Å². The number of carbonyl (C=O) groups excluding carboxylic acids is 3. The summed E-state index contributed by atoms with van der Waals surface area (Å²) in [6.45, 7) is 7.30. The molecule has 0 aliphatic carbocycles. The van der Waals surface area contributed by atoms with Crippen LogP contribution in [0, 0.1) is 13.8 Å². The molecule has 0 saturated heterocycles. The van der Waals surface area contributed by atoms with Crippen molar-refractivity contribution >= 4 is 17.8 Å². The van der Waals surface area contributed by atoms with Crippen molar-refractivity contribution in [3.63, 3.8) is 0 Å². The fourth-order valence-corrected chi connectivity index (χ4v) is 2.88. The molecule has 0 fully saturated rings. The number of aryl methyl sites for hydroxylation is 1. The van der Waals surface area contributed by atoms with Crippen LogP contribution in [-0.4, -0.2) is 42.6 Å². The Balaban J connectivity index is 1.89. The Morgan fingerprint density at radius 2 is 1.75 bits per heavy atom. The molecule has 0 unspecified atom stereocenters. The first-order chi connectivity index (χ1) is 13.3. The van der Waals surface area contributed by atoms with Gasteiger partial charge in [0.15, 0.2) is 6.61 Å². The summed E-state index contributed by atoms with van der Waals surface area (Å²) in [5, 5.41) is 2.75. The number of hydrogen-bond acceptors (Lipinski definition) is 5. The molecule has 0 spiro atoms. The third-order valence-corrected chi connectivity index (χ3v) is 4.43. The molecule has 2 rings (SSSR count). The van der Waals surface area contributed by atoms with Crippen LogP contribution >= 0.6 is 0 Å². The second-order valence-corrected chi connectivity index (χ2v) is 6.54. The molecular weight excluding hydrogens is 360 g/mol. The summed E-state index contributed by atoms with van der Waals surface area (Å²) >= 11 is 0. The second-order valence-electron chi connectivity index (χ2n) is 6.54. The molecule has 1 amide bonds. The highest BCUT2D eigenvalue weighted by Crippen LogP contribution is 2.20. The molecule has 0 aliphatic heterocycles. The number of hydrogen-bond donors (Lipinski definition) is 2. The lowest BCUT2D eigenvalue weighted by Gasteiger charge is -2.13. The van der Waals surface area contributed by atoms with Crippen molar-refractivity contribution in [1.29, 1.82) is 0 Å². The van der Waals surface area contributed by atoms with Gasteiger partial charge in [0.05, 0.1) is 12.2 Å². The van der Waals surface area contributed by atoms with Crippen LogP contribution < -0.4 is 5.32 Å². The number of benzene rings is 1. The van der Waals surface area contributed by atoms with Gasteiger partial charge >= 0.3 is 11.9 Å². The highest BCUT2D eigenvalue weighted by molar-refractivity contribution is 5.99. The van der Waals surface area contributed by atoms with E-state index >= 15 is 0 Å². The van der Waals surface area contributed by atoms with Gasteiger partial charge < -0.3 is 19.8 Å². The number of carbonyl (C=O) groups is 3. The van der Waals surface area contributed by atoms with Gasteiger partial charge in [-0.25, -0.2) is 9.59 Å². The van der Waals surface area contributed by atoms with Gasteiger partial charge in [-0.15, -0.1) is 0 Å². The van der Waals surface area contributed by atoms with Crippen molar-refractivity contribution in [3.05, 3.63) is 58.4 Å². The summed E-state index contributed by atoms with van der Waals surface area (Å²) in [5.41, 5.74) is 2.54. The van der Waals surface area contributed by atoms with Crippen molar-refractivity contribution in [2.45, 2.75) is 33.6 Å². The van der Waals surface area contributed by atoms with Crippen molar-refractivity contribution in [2.24, 2.45) is 0 Å². The minimum Gasteiger partial charge on any atom is -0.462 e. The van der Waals surface area contributed by atoms with Crippen molar-refractivity contribution in [3.8, 4) is 0 Å². The molecule has 2 N–H and O–H groups in total. The SMILES string of the molecule is CCOC(=O)c1c(C)[nH]c(C(=O)OCC(=O)NC[C@@H](C)c2ccccc2)c1C. The zero-order chi connectivity index (χ0) is 20.7. The molecule has 0 aliphatic rings. The van der Waals surface area contributed by atoms with Gasteiger partial charge in [0.2, 0.25) is 0 Å². The number of esters is 2. The Morgan fingerprint density at radius 3 is 2.39 bits per heavy atom. The molecule has 0 bridgehead atoms. The van der Waals surface area contributed by atoms with Crippen LogP contribution in [0.15, 0.2) is 30.3 Å². The summed E-state index contributed by atoms with van der Waals surface area (Å²) in [5.74, 6) is -1.44. The molecule has 7 nitrogen and oxygen atoms in total. The molecule has 1 atom stereocenters. The molecule has 1 aromatic heterocycles. The maximum absolute atomic E-state index is 12.3. The van der Waals surface area contributed by atoms with Gasteiger partial charge in [-0.05, 0) is 37.8 Å². The van der Waals surface area contributed by atoms with Gasteiger partial charge in [-0.2, -0.15) is 0 Å². The summed E-state index contributed by atoms with van der Waals surface area (Å²) in [6.07, 6.45) is 0. The normalized spacial score (nSPS) is 11.6. The fourth-order valence-electron chi connectivity index (χ4n) is 2.88. The van der Waals surface area contributed by atoms with Gasteiger partial charge in [-0.1, -0.05) is 37.3 Å². The van der Waals surface area contributed by atoms with Crippen LogP contribution in [0.5, 0.6) is 0 Å². The highest BCUT2D eigenvalue weighted by atomic mass is 16.5. The molecule has 28 heavy (non-hydrogen) atoms. The Bertz CT molecular complexity index is 842. The first-order valence-electron chi connectivity index (χ1n) is 9.20. The Hall–Kier alpha value is -3.09. The van der Waals surface area contributed by atoms with Crippen molar-refractivity contribution < 1.29 is 23.9 Å². The standard InChI is InChI=1S/C21H26N2O5/c1-5-27-20(25)18-14(3)19(23-15(18)4)21(26)28-12-17(24)22-11-13(2)16-9-7-6-8-10-16/h6-10,13,23H,5,11-12H2,1-4H3,(H,22,24)/t13-/m1/s1. The van der Waals surface area contributed by atoms with E-state index in [1.54, 1.807) is 20.8 Å². The van der Waals surface area contributed by atoms with Gasteiger partial charge in [0.1, 0.15) is 5.69 Å². The van der Waals surface area contributed by atoms with E-state index in [9.17, 15) is 14.4 Å². The Morgan fingerprint density at radius 1 is 1.07 bits per heavy atom. The average molecular weight is 386 g/mol. The lowest BCUT2D eigenvalue weighted by Crippen LogP contribution is -2.31. The van der Waals surface area contributed by atoms with E-state index in [4.69, 9.17) is 9.47 Å². The smallest absolute Gasteiger partial charge is 0.355 e. The van der Waals surface area contributed by atoms with Crippen LogP contribution in [0.4, 0.5) is 0 Å². The van der Waals surface area contributed by atoms with Crippen LogP contribution in [0.1, 0.15) is 57.4 Å². The lowest BCUT2D eigenvalue weighted by atomic mass is 10.0. The van der Waals surface area contributed by atoms with Gasteiger partial charge in [0.25, 0.3) is 5.91 Å². The maximum Gasteiger partial charge on any atom is 0.355 e. The van der Waals surface area contributed by atoms with Crippen LogP contribution in [-0.2, 0) is 14.3 Å². The van der Waals surface area contributed by atoms with Crippen LogP contribution in [0.3, 0.4) is 0 Å². The molecule has 1 aromatic carbocycles. The largest absolute Gasteiger partial charge is 0.462 e. The first-order valence-corrected chi connectivity index (χ1v) is 9.20. The maximum atomic E-state index is 12.3. The Kier molecular flexibility index (Phi) is 7.37. The molecule has 0 saturated carbocycles. The van der Waals surface area contributed by atoms with Crippen molar-refractivity contribution in [1.82, 2.24) is 10.3 Å². The highest BCUT2D eigenvalue weighted by Gasteiger charge is 2.24. The zero-order valence-electron chi connectivity index (χ0n) is 16.6. The fraction of sp³-hybridized carbons (Fsp3) is 0.381. The quantitative estimate of drug-likeness (QED) is 0.680. The monoisotopic (exact) mass is 386 g/mol. The van der Waals surface area contributed by atoms with E-state index in [-0.39, 0.29) is 24.1 Å². The number of aromatic amines is 1. The van der Waals surface area contributed by atoms with Crippen LogP contribution in [0.2, 0.25) is 0 Å². The summed E-state index contributed by atoms with van der Waals surface area (Å²) < 4.78 is 10.1. The number of rotatable bonds is 8. The lowest BCUT2D eigenvalue weighted by molar-refractivity contribution is -0.124. The summed E-state index contributed by atoms with van der Waals surface area (Å²) in [7, 11) is 0. The number of amides is 1. The predicted molar refractivity (Wildman–Crippen MR) is 104 cm³/mol. The number of H-pyrrole nitrogens is 1. The molecule has 7 heteroatoms. The van der Waals surface area contributed by atoms with E-state index < -0.39 is 18.5 Å². The first kappa shape index (κ1) is 21.2.